The van der Waals surface area contributed by atoms with Crippen molar-refractivity contribution in [3.8, 4) is 11.3 Å². The SMILES string of the molecule is O=C(C=Cc1cccs1)Nc1nc(-c2ccc3ccccc3c2)cs1. The Hall–Kier alpha value is -2.76. The third-order valence-corrected chi connectivity index (χ3v) is 5.32. The normalized spacial score (nSPS) is 11.2. The summed E-state index contributed by atoms with van der Waals surface area (Å²) in [6.07, 6.45) is 3.33. The van der Waals surface area contributed by atoms with E-state index in [0.29, 0.717) is 5.13 Å². The number of anilines is 1. The minimum atomic E-state index is -0.173. The Labute approximate surface area is 153 Å². The van der Waals surface area contributed by atoms with Crippen LogP contribution in [0.5, 0.6) is 0 Å². The number of fused-ring (bicyclic) bond motifs is 1. The molecule has 0 unspecified atom stereocenters. The lowest BCUT2D eigenvalue weighted by Gasteiger charge is -2.01. The van der Waals surface area contributed by atoms with Crippen LogP contribution in [0.15, 0.2) is 71.4 Å². The van der Waals surface area contributed by atoms with Crippen LogP contribution in [-0.4, -0.2) is 10.9 Å². The average Bonchev–Trinajstić information content (AvgIpc) is 3.31. The summed E-state index contributed by atoms with van der Waals surface area (Å²) in [6, 6.07) is 18.4. The Balaban J connectivity index is 1.50. The molecule has 2 aromatic carbocycles. The van der Waals surface area contributed by atoms with E-state index in [1.807, 2.05) is 35.0 Å². The minimum absolute atomic E-state index is 0.173. The Kier molecular flexibility index (Phi) is 4.41. The number of carbonyl (C=O) groups excluding carboxylic acids is 1. The number of aromatic nitrogens is 1. The van der Waals surface area contributed by atoms with Gasteiger partial charge in [0.1, 0.15) is 0 Å². The zero-order chi connectivity index (χ0) is 17.1. The lowest BCUT2D eigenvalue weighted by Crippen LogP contribution is -2.07. The van der Waals surface area contributed by atoms with E-state index in [2.05, 4.69) is 40.6 Å². The summed E-state index contributed by atoms with van der Waals surface area (Å²) < 4.78 is 0. The van der Waals surface area contributed by atoms with Crippen LogP contribution in [0.25, 0.3) is 28.1 Å². The van der Waals surface area contributed by atoms with Crippen LogP contribution in [-0.2, 0) is 4.79 Å². The highest BCUT2D eigenvalue weighted by Gasteiger charge is 2.07. The molecule has 0 aliphatic rings. The molecule has 0 atom stereocenters. The van der Waals surface area contributed by atoms with E-state index in [4.69, 9.17) is 0 Å². The highest BCUT2D eigenvalue weighted by atomic mass is 32.1. The second-order valence-corrected chi connectivity index (χ2v) is 7.28. The summed E-state index contributed by atoms with van der Waals surface area (Å²) in [6.45, 7) is 0. The predicted octanol–water partition coefficient (Wildman–Crippen LogP) is 5.68. The number of benzene rings is 2. The second-order valence-electron chi connectivity index (χ2n) is 5.44. The molecular formula is C20H14N2OS2. The monoisotopic (exact) mass is 362 g/mol. The highest BCUT2D eigenvalue weighted by Crippen LogP contribution is 2.27. The summed E-state index contributed by atoms with van der Waals surface area (Å²) in [5.41, 5.74) is 1.91. The second kappa shape index (κ2) is 7.01. The molecule has 0 radical (unpaired) electrons. The van der Waals surface area contributed by atoms with E-state index in [1.54, 1.807) is 17.4 Å². The smallest absolute Gasteiger partial charge is 0.250 e. The fourth-order valence-electron chi connectivity index (χ4n) is 2.50. The van der Waals surface area contributed by atoms with E-state index in [0.717, 1.165) is 16.1 Å². The van der Waals surface area contributed by atoms with Gasteiger partial charge in [0.2, 0.25) is 5.91 Å². The van der Waals surface area contributed by atoms with Crippen LogP contribution in [0.1, 0.15) is 4.88 Å². The molecule has 25 heavy (non-hydrogen) atoms. The fraction of sp³-hybridized carbons (Fsp3) is 0. The molecule has 1 N–H and O–H groups in total. The summed E-state index contributed by atoms with van der Waals surface area (Å²) in [5.74, 6) is -0.173. The van der Waals surface area contributed by atoms with Gasteiger partial charge in [-0.1, -0.05) is 42.5 Å². The van der Waals surface area contributed by atoms with Crippen molar-refractivity contribution in [3.05, 3.63) is 76.3 Å². The lowest BCUT2D eigenvalue weighted by molar-refractivity contribution is -0.111. The number of carbonyl (C=O) groups is 1. The van der Waals surface area contributed by atoms with Crippen LogP contribution in [0, 0.1) is 0 Å². The molecule has 0 aliphatic heterocycles. The average molecular weight is 362 g/mol. The van der Waals surface area contributed by atoms with Gasteiger partial charge in [0.15, 0.2) is 5.13 Å². The van der Waals surface area contributed by atoms with Crippen molar-refractivity contribution in [1.82, 2.24) is 4.98 Å². The molecule has 2 heterocycles. The quantitative estimate of drug-likeness (QED) is 0.475. The molecule has 0 spiro atoms. The first-order valence-electron chi connectivity index (χ1n) is 7.75. The predicted molar refractivity (Wildman–Crippen MR) is 107 cm³/mol. The maximum absolute atomic E-state index is 12.0. The third kappa shape index (κ3) is 3.68. The van der Waals surface area contributed by atoms with Gasteiger partial charge < -0.3 is 0 Å². The zero-order valence-electron chi connectivity index (χ0n) is 13.2. The van der Waals surface area contributed by atoms with Crippen molar-refractivity contribution in [2.75, 3.05) is 5.32 Å². The third-order valence-electron chi connectivity index (χ3n) is 3.72. The Morgan fingerprint density at radius 2 is 1.88 bits per heavy atom. The molecule has 5 heteroatoms. The topological polar surface area (TPSA) is 42.0 Å². The molecule has 122 valence electrons. The standard InChI is InChI=1S/C20H14N2OS2/c23-19(10-9-17-6-3-11-24-17)22-20-21-18(13-25-20)16-8-7-14-4-1-2-5-15(14)12-16/h1-13H,(H,21,22,23). The number of nitrogens with one attached hydrogen (secondary N) is 1. The van der Waals surface area contributed by atoms with E-state index < -0.39 is 0 Å². The van der Waals surface area contributed by atoms with Crippen molar-refractivity contribution in [2.24, 2.45) is 0 Å². The molecule has 0 fully saturated rings. The number of hydrogen-bond donors (Lipinski definition) is 1. The van der Waals surface area contributed by atoms with Crippen molar-refractivity contribution in [3.63, 3.8) is 0 Å². The number of amides is 1. The molecule has 3 nitrogen and oxygen atoms in total. The van der Waals surface area contributed by atoms with Gasteiger partial charge in [-0.3, -0.25) is 10.1 Å². The van der Waals surface area contributed by atoms with Crippen LogP contribution in [0.3, 0.4) is 0 Å². The summed E-state index contributed by atoms with van der Waals surface area (Å²) >= 11 is 3.02. The minimum Gasteiger partial charge on any atom is -0.298 e. The Bertz CT molecular complexity index is 1050. The number of nitrogens with zero attached hydrogens (tertiary/aromatic N) is 1. The Morgan fingerprint density at radius 1 is 1.00 bits per heavy atom. The lowest BCUT2D eigenvalue weighted by atomic mass is 10.1. The summed E-state index contributed by atoms with van der Waals surface area (Å²) in [5, 5.41) is 9.74. The molecule has 4 rings (SSSR count). The first kappa shape index (κ1) is 15.7. The van der Waals surface area contributed by atoms with Gasteiger partial charge in [-0.2, -0.15) is 0 Å². The van der Waals surface area contributed by atoms with Crippen molar-refractivity contribution in [2.45, 2.75) is 0 Å². The van der Waals surface area contributed by atoms with Gasteiger partial charge in [0, 0.05) is 21.9 Å². The van der Waals surface area contributed by atoms with Gasteiger partial charge in [0.05, 0.1) is 5.69 Å². The number of hydrogen-bond acceptors (Lipinski definition) is 4. The van der Waals surface area contributed by atoms with Crippen LogP contribution in [0.2, 0.25) is 0 Å². The van der Waals surface area contributed by atoms with E-state index >= 15 is 0 Å². The van der Waals surface area contributed by atoms with Crippen molar-refractivity contribution in [1.29, 1.82) is 0 Å². The molecular weight excluding hydrogens is 348 g/mol. The first-order valence-corrected chi connectivity index (χ1v) is 9.51. The molecule has 4 aromatic rings. The van der Waals surface area contributed by atoms with E-state index in [1.165, 1.54) is 28.2 Å². The van der Waals surface area contributed by atoms with Crippen LogP contribution < -0.4 is 5.32 Å². The maximum Gasteiger partial charge on any atom is 0.250 e. The molecule has 1 amide bonds. The van der Waals surface area contributed by atoms with E-state index in [9.17, 15) is 4.79 Å². The maximum atomic E-state index is 12.0. The highest BCUT2D eigenvalue weighted by molar-refractivity contribution is 7.14. The van der Waals surface area contributed by atoms with Crippen molar-refractivity contribution < 1.29 is 4.79 Å². The summed E-state index contributed by atoms with van der Waals surface area (Å²) in [7, 11) is 0. The number of rotatable bonds is 4. The van der Waals surface area contributed by atoms with Gasteiger partial charge >= 0.3 is 0 Å². The zero-order valence-corrected chi connectivity index (χ0v) is 14.8. The largest absolute Gasteiger partial charge is 0.298 e. The first-order chi connectivity index (χ1) is 12.3. The van der Waals surface area contributed by atoms with Crippen LogP contribution in [0.4, 0.5) is 5.13 Å². The van der Waals surface area contributed by atoms with E-state index in [-0.39, 0.29) is 5.91 Å². The van der Waals surface area contributed by atoms with Crippen molar-refractivity contribution >= 4 is 50.6 Å². The molecule has 0 bridgehead atoms. The molecule has 0 saturated heterocycles. The Morgan fingerprint density at radius 3 is 2.72 bits per heavy atom. The van der Waals surface area contributed by atoms with Gasteiger partial charge in [-0.05, 0) is 34.4 Å². The van der Waals surface area contributed by atoms with Gasteiger partial charge in [-0.25, -0.2) is 4.98 Å². The van der Waals surface area contributed by atoms with Gasteiger partial charge in [0.25, 0.3) is 0 Å². The summed E-state index contributed by atoms with van der Waals surface area (Å²) in [4.78, 5) is 17.6. The molecule has 0 aliphatic carbocycles. The number of thiazole rings is 1. The number of thiophene rings is 1. The molecule has 0 saturated carbocycles. The molecule has 2 aromatic heterocycles. The fourth-order valence-corrected chi connectivity index (χ4v) is 3.84. The van der Waals surface area contributed by atoms with Gasteiger partial charge in [-0.15, -0.1) is 22.7 Å². The van der Waals surface area contributed by atoms with Crippen LogP contribution >= 0.6 is 22.7 Å².